The molecule has 14 heavy (non-hydrogen) atoms. The first-order chi connectivity index (χ1) is 6.51. The first kappa shape index (κ1) is 9.76. The minimum absolute atomic E-state index is 0.454. The smallest absolute Gasteiger partial charge is 0.00121 e. The zero-order chi connectivity index (χ0) is 10.3. The van der Waals surface area contributed by atoms with Crippen LogP contribution in [0.4, 0.5) is 0 Å². The predicted molar refractivity (Wildman–Crippen MR) is 62.1 cm³/mol. The molecule has 2 aliphatic rings. The second-order valence-electron chi connectivity index (χ2n) is 5.32. The SMILES string of the molecule is C=C1C[C@@]2(C)CCC(C)=CC2C=C1C. The van der Waals surface area contributed by atoms with Crippen molar-refractivity contribution < 1.29 is 0 Å². The monoisotopic (exact) mass is 188 g/mol. The molecule has 0 amide bonds. The van der Waals surface area contributed by atoms with E-state index in [1.165, 1.54) is 30.4 Å². The van der Waals surface area contributed by atoms with Gasteiger partial charge in [-0.2, -0.15) is 0 Å². The lowest BCUT2D eigenvalue weighted by Gasteiger charge is -2.42. The summed E-state index contributed by atoms with van der Waals surface area (Å²) in [5, 5.41) is 0. The molecule has 0 saturated carbocycles. The zero-order valence-electron chi connectivity index (χ0n) is 9.56. The van der Waals surface area contributed by atoms with Crippen LogP contribution >= 0.6 is 0 Å². The van der Waals surface area contributed by atoms with Crippen molar-refractivity contribution in [2.24, 2.45) is 11.3 Å². The number of hydrogen-bond acceptors (Lipinski definition) is 0. The minimum Gasteiger partial charge on any atom is -0.0956 e. The molecule has 0 saturated heterocycles. The summed E-state index contributed by atoms with van der Waals surface area (Å²) >= 11 is 0. The molecule has 0 nitrogen and oxygen atoms in total. The molecule has 0 fully saturated rings. The Morgan fingerprint density at radius 2 is 2.07 bits per heavy atom. The van der Waals surface area contributed by atoms with Crippen molar-refractivity contribution >= 4 is 0 Å². The van der Waals surface area contributed by atoms with Crippen LogP contribution in [0, 0.1) is 11.3 Å². The van der Waals surface area contributed by atoms with Crippen molar-refractivity contribution in [1.82, 2.24) is 0 Å². The molecule has 0 spiro atoms. The molecule has 0 aromatic rings. The van der Waals surface area contributed by atoms with E-state index in [4.69, 9.17) is 0 Å². The Morgan fingerprint density at radius 1 is 1.36 bits per heavy atom. The van der Waals surface area contributed by atoms with Gasteiger partial charge in [0, 0.05) is 5.92 Å². The summed E-state index contributed by atoms with van der Waals surface area (Å²) in [4.78, 5) is 0. The lowest BCUT2D eigenvalue weighted by molar-refractivity contribution is 0.220. The van der Waals surface area contributed by atoms with Crippen LogP contribution in [0.15, 0.2) is 35.5 Å². The van der Waals surface area contributed by atoms with Crippen LogP contribution in [0.5, 0.6) is 0 Å². The van der Waals surface area contributed by atoms with Crippen LogP contribution in [0.2, 0.25) is 0 Å². The third kappa shape index (κ3) is 1.47. The number of hydrogen-bond donors (Lipinski definition) is 0. The molecule has 0 bridgehead atoms. The summed E-state index contributed by atoms with van der Waals surface area (Å²) in [7, 11) is 0. The molecule has 0 aromatic carbocycles. The predicted octanol–water partition coefficient (Wildman–Crippen LogP) is 4.26. The molecule has 0 heteroatoms. The molecule has 0 N–H and O–H groups in total. The normalized spacial score (nSPS) is 37.4. The van der Waals surface area contributed by atoms with Gasteiger partial charge < -0.3 is 0 Å². The fourth-order valence-corrected chi connectivity index (χ4v) is 2.71. The summed E-state index contributed by atoms with van der Waals surface area (Å²) in [6.07, 6.45) is 8.65. The quantitative estimate of drug-likeness (QED) is 0.498. The Balaban J connectivity index is 2.39. The Bertz CT molecular complexity index is 330. The van der Waals surface area contributed by atoms with E-state index in [2.05, 4.69) is 39.5 Å². The van der Waals surface area contributed by atoms with Crippen LogP contribution in [-0.2, 0) is 0 Å². The maximum absolute atomic E-state index is 4.16. The van der Waals surface area contributed by atoms with Crippen molar-refractivity contribution in [1.29, 1.82) is 0 Å². The molecule has 2 aliphatic carbocycles. The standard InChI is InChI=1S/C14H20/c1-10-5-6-14(4)9-12(3)11(2)8-13(14)7-10/h7-8,13H,3,5-6,9H2,1-2,4H3/t13?,14-/m1/s1. The largest absolute Gasteiger partial charge is 0.0956 e. The molecule has 0 heterocycles. The zero-order valence-corrected chi connectivity index (χ0v) is 9.56. The third-order valence-corrected chi connectivity index (χ3v) is 3.96. The first-order valence-electron chi connectivity index (χ1n) is 5.55. The van der Waals surface area contributed by atoms with Crippen LogP contribution in [0.1, 0.15) is 40.0 Å². The van der Waals surface area contributed by atoms with Gasteiger partial charge in [-0.3, -0.25) is 0 Å². The summed E-state index contributed by atoms with van der Waals surface area (Å²) in [5.74, 6) is 0.654. The van der Waals surface area contributed by atoms with E-state index in [0.29, 0.717) is 11.3 Å². The van der Waals surface area contributed by atoms with Crippen molar-refractivity contribution in [2.45, 2.75) is 40.0 Å². The average molecular weight is 188 g/mol. The van der Waals surface area contributed by atoms with Crippen molar-refractivity contribution in [2.75, 3.05) is 0 Å². The van der Waals surface area contributed by atoms with Crippen molar-refractivity contribution in [3.05, 3.63) is 35.5 Å². The average Bonchev–Trinajstić information content (AvgIpc) is 2.10. The molecule has 2 atom stereocenters. The Labute approximate surface area is 87.4 Å². The van der Waals surface area contributed by atoms with Gasteiger partial charge in [0.2, 0.25) is 0 Å². The molecule has 1 unspecified atom stereocenters. The first-order valence-corrected chi connectivity index (χ1v) is 5.55. The van der Waals surface area contributed by atoms with E-state index in [1.54, 1.807) is 5.57 Å². The second kappa shape index (κ2) is 3.12. The van der Waals surface area contributed by atoms with Crippen LogP contribution in [0.25, 0.3) is 0 Å². The molecular weight excluding hydrogens is 168 g/mol. The molecule has 76 valence electrons. The van der Waals surface area contributed by atoms with Gasteiger partial charge in [0.25, 0.3) is 0 Å². The lowest BCUT2D eigenvalue weighted by atomic mass is 9.62. The van der Waals surface area contributed by atoms with E-state index < -0.39 is 0 Å². The molecular formula is C14H20. The Kier molecular flexibility index (Phi) is 2.17. The maximum Gasteiger partial charge on any atom is 0.00121 e. The minimum atomic E-state index is 0.454. The van der Waals surface area contributed by atoms with E-state index in [-0.39, 0.29) is 0 Å². The van der Waals surface area contributed by atoms with Gasteiger partial charge in [-0.1, -0.05) is 42.4 Å². The highest BCUT2D eigenvalue weighted by Crippen LogP contribution is 2.49. The second-order valence-corrected chi connectivity index (χ2v) is 5.32. The summed E-state index contributed by atoms with van der Waals surface area (Å²) in [6, 6.07) is 0. The van der Waals surface area contributed by atoms with E-state index in [9.17, 15) is 0 Å². The maximum atomic E-state index is 4.16. The Hall–Kier alpha value is -0.780. The summed E-state index contributed by atoms with van der Waals surface area (Å²) in [5.41, 5.74) is 4.76. The highest BCUT2D eigenvalue weighted by atomic mass is 14.4. The van der Waals surface area contributed by atoms with E-state index >= 15 is 0 Å². The van der Waals surface area contributed by atoms with Crippen molar-refractivity contribution in [3.8, 4) is 0 Å². The van der Waals surface area contributed by atoms with Gasteiger partial charge in [-0.15, -0.1) is 0 Å². The molecule has 2 rings (SSSR count). The van der Waals surface area contributed by atoms with Crippen molar-refractivity contribution in [3.63, 3.8) is 0 Å². The van der Waals surface area contributed by atoms with Crippen LogP contribution in [0.3, 0.4) is 0 Å². The van der Waals surface area contributed by atoms with Gasteiger partial charge in [-0.25, -0.2) is 0 Å². The number of allylic oxidation sites excluding steroid dienone is 5. The number of rotatable bonds is 0. The summed E-state index contributed by atoms with van der Waals surface area (Å²) < 4.78 is 0. The molecule has 0 aromatic heterocycles. The third-order valence-electron chi connectivity index (χ3n) is 3.96. The van der Waals surface area contributed by atoms with E-state index in [1.807, 2.05) is 0 Å². The number of fused-ring (bicyclic) bond motifs is 1. The topological polar surface area (TPSA) is 0 Å². The highest BCUT2D eigenvalue weighted by Gasteiger charge is 2.37. The van der Waals surface area contributed by atoms with E-state index in [0.717, 1.165) is 0 Å². The lowest BCUT2D eigenvalue weighted by Crippen LogP contribution is -2.31. The fraction of sp³-hybridized carbons (Fsp3) is 0.571. The van der Waals surface area contributed by atoms with Gasteiger partial charge in [-0.05, 0) is 38.5 Å². The van der Waals surface area contributed by atoms with Crippen LogP contribution < -0.4 is 0 Å². The van der Waals surface area contributed by atoms with Gasteiger partial charge in [0.05, 0.1) is 0 Å². The highest BCUT2D eigenvalue weighted by molar-refractivity contribution is 5.36. The Morgan fingerprint density at radius 3 is 2.79 bits per heavy atom. The summed E-state index contributed by atoms with van der Waals surface area (Å²) in [6.45, 7) is 11.0. The van der Waals surface area contributed by atoms with Gasteiger partial charge in [0.1, 0.15) is 0 Å². The van der Waals surface area contributed by atoms with Crippen LogP contribution in [-0.4, -0.2) is 0 Å². The molecule has 0 aliphatic heterocycles. The molecule has 0 radical (unpaired) electrons. The fourth-order valence-electron chi connectivity index (χ4n) is 2.71. The van der Waals surface area contributed by atoms with Gasteiger partial charge in [0.15, 0.2) is 0 Å². The van der Waals surface area contributed by atoms with Gasteiger partial charge >= 0.3 is 0 Å².